The summed E-state index contributed by atoms with van der Waals surface area (Å²) >= 11 is 5.83. The van der Waals surface area contributed by atoms with Crippen molar-refractivity contribution < 1.29 is 4.74 Å². The zero-order valence-electron chi connectivity index (χ0n) is 9.50. The first-order chi connectivity index (χ1) is 6.65. The molecule has 1 heterocycles. The van der Waals surface area contributed by atoms with Gasteiger partial charge in [-0.15, -0.1) is 11.6 Å². The van der Waals surface area contributed by atoms with E-state index in [2.05, 4.69) is 25.7 Å². The Morgan fingerprint density at radius 3 is 2.79 bits per heavy atom. The summed E-state index contributed by atoms with van der Waals surface area (Å²) in [7, 11) is 0. The van der Waals surface area contributed by atoms with Gasteiger partial charge in [-0.1, -0.05) is 20.3 Å². The van der Waals surface area contributed by atoms with E-state index in [-0.39, 0.29) is 6.10 Å². The van der Waals surface area contributed by atoms with E-state index in [0.29, 0.717) is 12.0 Å². The SMILES string of the molecule is CCC(C)CN1CC(C)OC(CCl)C1. The highest BCUT2D eigenvalue weighted by molar-refractivity contribution is 6.18. The Bertz CT molecular complexity index is 163. The molecule has 3 atom stereocenters. The van der Waals surface area contributed by atoms with Gasteiger partial charge in [-0.05, 0) is 12.8 Å². The lowest BCUT2D eigenvalue weighted by Crippen LogP contribution is -2.48. The Balaban J connectivity index is 2.37. The molecular formula is C11H22ClNO. The van der Waals surface area contributed by atoms with Crippen LogP contribution in [0.4, 0.5) is 0 Å². The minimum absolute atomic E-state index is 0.226. The monoisotopic (exact) mass is 219 g/mol. The number of hydrogen-bond acceptors (Lipinski definition) is 2. The average molecular weight is 220 g/mol. The van der Waals surface area contributed by atoms with Crippen LogP contribution in [0.5, 0.6) is 0 Å². The predicted octanol–water partition coefficient (Wildman–Crippen LogP) is 2.36. The van der Waals surface area contributed by atoms with Crippen LogP contribution >= 0.6 is 11.6 Å². The van der Waals surface area contributed by atoms with Crippen molar-refractivity contribution in [2.75, 3.05) is 25.5 Å². The molecule has 1 aliphatic heterocycles. The summed E-state index contributed by atoms with van der Waals surface area (Å²) < 4.78 is 5.71. The summed E-state index contributed by atoms with van der Waals surface area (Å²) in [5.41, 5.74) is 0. The molecule has 0 aromatic rings. The number of hydrogen-bond donors (Lipinski definition) is 0. The standard InChI is InChI=1S/C11H22ClNO/c1-4-9(2)6-13-7-10(3)14-11(5-12)8-13/h9-11H,4-8H2,1-3H3. The molecule has 0 saturated carbocycles. The molecule has 2 nitrogen and oxygen atoms in total. The van der Waals surface area contributed by atoms with Crippen molar-refractivity contribution in [1.82, 2.24) is 4.90 Å². The lowest BCUT2D eigenvalue weighted by molar-refractivity contribution is -0.0694. The van der Waals surface area contributed by atoms with Gasteiger partial charge in [-0.3, -0.25) is 4.90 Å². The van der Waals surface area contributed by atoms with Crippen LogP contribution in [-0.2, 0) is 4.74 Å². The molecule has 1 fully saturated rings. The fraction of sp³-hybridized carbons (Fsp3) is 1.00. The topological polar surface area (TPSA) is 12.5 Å². The van der Waals surface area contributed by atoms with Gasteiger partial charge >= 0.3 is 0 Å². The van der Waals surface area contributed by atoms with Crippen LogP contribution in [0.2, 0.25) is 0 Å². The van der Waals surface area contributed by atoms with E-state index in [4.69, 9.17) is 16.3 Å². The molecule has 0 N–H and O–H groups in total. The van der Waals surface area contributed by atoms with Crippen molar-refractivity contribution in [3.8, 4) is 0 Å². The summed E-state index contributed by atoms with van der Waals surface area (Å²) in [6.45, 7) is 9.90. The van der Waals surface area contributed by atoms with E-state index in [1.807, 2.05) is 0 Å². The Hall–Kier alpha value is 0.210. The van der Waals surface area contributed by atoms with Gasteiger partial charge in [0.05, 0.1) is 12.2 Å². The number of nitrogens with zero attached hydrogens (tertiary/aromatic N) is 1. The fourth-order valence-corrected chi connectivity index (χ4v) is 2.12. The van der Waals surface area contributed by atoms with Gasteiger partial charge in [0, 0.05) is 25.5 Å². The van der Waals surface area contributed by atoms with Crippen LogP contribution < -0.4 is 0 Å². The van der Waals surface area contributed by atoms with Crippen molar-refractivity contribution >= 4 is 11.6 Å². The fourth-order valence-electron chi connectivity index (χ4n) is 1.94. The second-order valence-electron chi connectivity index (χ2n) is 4.45. The van der Waals surface area contributed by atoms with E-state index in [1.54, 1.807) is 0 Å². The third-order valence-corrected chi connectivity index (χ3v) is 3.19. The molecule has 0 aliphatic carbocycles. The summed E-state index contributed by atoms with van der Waals surface area (Å²) in [5.74, 6) is 1.39. The third kappa shape index (κ3) is 3.76. The van der Waals surface area contributed by atoms with E-state index >= 15 is 0 Å². The number of rotatable bonds is 4. The zero-order chi connectivity index (χ0) is 10.6. The lowest BCUT2D eigenvalue weighted by Gasteiger charge is -2.37. The Morgan fingerprint density at radius 1 is 1.50 bits per heavy atom. The minimum atomic E-state index is 0.226. The van der Waals surface area contributed by atoms with E-state index in [0.717, 1.165) is 19.0 Å². The van der Waals surface area contributed by atoms with Crippen molar-refractivity contribution in [2.24, 2.45) is 5.92 Å². The van der Waals surface area contributed by atoms with Crippen LogP contribution in [0.1, 0.15) is 27.2 Å². The molecule has 0 aromatic heterocycles. The van der Waals surface area contributed by atoms with Crippen molar-refractivity contribution in [3.05, 3.63) is 0 Å². The molecule has 3 unspecified atom stereocenters. The highest BCUT2D eigenvalue weighted by Gasteiger charge is 2.24. The lowest BCUT2D eigenvalue weighted by atomic mass is 10.1. The second kappa shape index (κ2) is 5.94. The molecular weight excluding hydrogens is 198 g/mol. The van der Waals surface area contributed by atoms with E-state index < -0.39 is 0 Å². The van der Waals surface area contributed by atoms with Crippen molar-refractivity contribution in [3.63, 3.8) is 0 Å². The molecule has 0 spiro atoms. The van der Waals surface area contributed by atoms with Gasteiger partial charge in [0.25, 0.3) is 0 Å². The highest BCUT2D eigenvalue weighted by Crippen LogP contribution is 2.14. The Kier molecular flexibility index (Phi) is 5.21. The van der Waals surface area contributed by atoms with E-state index in [1.165, 1.54) is 13.0 Å². The maximum atomic E-state index is 5.83. The molecule has 3 heteroatoms. The third-order valence-electron chi connectivity index (χ3n) is 2.84. The molecule has 1 aliphatic rings. The highest BCUT2D eigenvalue weighted by atomic mass is 35.5. The normalized spacial score (nSPS) is 31.7. The predicted molar refractivity (Wildman–Crippen MR) is 61.0 cm³/mol. The molecule has 0 bridgehead atoms. The van der Waals surface area contributed by atoms with Crippen LogP contribution in [0.3, 0.4) is 0 Å². The Morgan fingerprint density at radius 2 is 2.21 bits per heavy atom. The summed E-state index contributed by atoms with van der Waals surface area (Å²) in [4.78, 5) is 2.48. The van der Waals surface area contributed by atoms with Crippen LogP contribution in [0, 0.1) is 5.92 Å². The number of halogens is 1. The maximum absolute atomic E-state index is 5.83. The van der Waals surface area contributed by atoms with Crippen molar-refractivity contribution in [1.29, 1.82) is 0 Å². The van der Waals surface area contributed by atoms with E-state index in [9.17, 15) is 0 Å². The number of alkyl halides is 1. The van der Waals surface area contributed by atoms with Crippen LogP contribution in [-0.4, -0.2) is 42.6 Å². The van der Waals surface area contributed by atoms with Gasteiger partial charge < -0.3 is 4.74 Å². The van der Waals surface area contributed by atoms with Gasteiger partial charge in [-0.2, -0.15) is 0 Å². The molecule has 1 rings (SSSR count). The summed E-state index contributed by atoms with van der Waals surface area (Å²) in [6.07, 6.45) is 1.80. The second-order valence-corrected chi connectivity index (χ2v) is 4.76. The van der Waals surface area contributed by atoms with Crippen LogP contribution in [0.15, 0.2) is 0 Å². The number of ether oxygens (including phenoxy) is 1. The molecule has 0 radical (unpaired) electrons. The smallest absolute Gasteiger partial charge is 0.0841 e. The maximum Gasteiger partial charge on any atom is 0.0841 e. The molecule has 84 valence electrons. The minimum Gasteiger partial charge on any atom is -0.371 e. The van der Waals surface area contributed by atoms with Gasteiger partial charge in [0.2, 0.25) is 0 Å². The van der Waals surface area contributed by atoms with Gasteiger partial charge in [0.15, 0.2) is 0 Å². The largest absolute Gasteiger partial charge is 0.371 e. The summed E-state index contributed by atoms with van der Waals surface area (Å²) in [6, 6.07) is 0. The zero-order valence-corrected chi connectivity index (χ0v) is 10.3. The quantitative estimate of drug-likeness (QED) is 0.674. The first-order valence-electron chi connectivity index (χ1n) is 5.59. The average Bonchev–Trinajstić information content (AvgIpc) is 2.16. The summed E-state index contributed by atoms with van der Waals surface area (Å²) in [5, 5.41) is 0. The molecule has 0 aromatic carbocycles. The first kappa shape index (κ1) is 12.3. The first-order valence-corrected chi connectivity index (χ1v) is 6.12. The molecule has 1 saturated heterocycles. The Labute approximate surface area is 92.6 Å². The van der Waals surface area contributed by atoms with Gasteiger partial charge in [-0.25, -0.2) is 0 Å². The van der Waals surface area contributed by atoms with Gasteiger partial charge in [0.1, 0.15) is 0 Å². The molecule has 14 heavy (non-hydrogen) atoms. The molecule has 0 amide bonds. The van der Waals surface area contributed by atoms with Crippen LogP contribution in [0.25, 0.3) is 0 Å². The van der Waals surface area contributed by atoms with Crippen molar-refractivity contribution in [2.45, 2.75) is 39.4 Å². The number of morpholine rings is 1.